The topological polar surface area (TPSA) is 80.7 Å². The van der Waals surface area contributed by atoms with Gasteiger partial charge >= 0.3 is 5.97 Å². The number of methoxy groups -OCH3 is 1. The lowest BCUT2D eigenvalue weighted by Gasteiger charge is -2.67. The molecule has 0 radical (unpaired) electrons. The Labute approximate surface area is 209 Å². The molecule has 5 aliphatic rings. The molecular weight excluding hydrogens is 440 g/mol. The summed E-state index contributed by atoms with van der Waals surface area (Å²) in [7, 11) is 1.51. The maximum Gasteiger partial charge on any atom is 0.312 e. The van der Waals surface area contributed by atoms with Crippen LogP contribution < -0.4 is 0 Å². The van der Waals surface area contributed by atoms with E-state index >= 15 is 0 Å². The van der Waals surface area contributed by atoms with E-state index in [-0.39, 0.29) is 40.2 Å². The largest absolute Gasteiger partial charge is 0.504 e. The van der Waals surface area contributed by atoms with Crippen molar-refractivity contribution in [2.24, 2.45) is 45.3 Å². The van der Waals surface area contributed by atoms with Crippen molar-refractivity contribution in [2.45, 2.75) is 80.1 Å². The van der Waals surface area contributed by atoms with Gasteiger partial charge in [0.05, 0.1) is 12.5 Å². The van der Waals surface area contributed by atoms with Crippen molar-refractivity contribution in [3.8, 4) is 0 Å². The summed E-state index contributed by atoms with van der Waals surface area (Å²) in [5.74, 6) is 0.307. The van der Waals surface area contributed by atoms with E-state index in [0.29, 0.717) is 29.4 Å². The zero-order valence-corrected chi connectivity index (χ0v) is 22.3. The summed E-state index contributed by atoms with van der Waals surface area (Å²) in [6.45, 7) is 12.9. The van der Waals surface area contributed by atoms with Gasteiger partial charge in [-0.2, -0.15) is 0 Å². The van der Waals surface area contributed by atoms with Gasteiger partial charge < -0.3 is 9.84 Å². The molecule has 0 heterocycles. The highest BCUT2D eigenvalue weighted by Gasteiger charge is 2.69. The molecule has 0 amide bonds. The van der Waals surface area contributed by atoms with E-state index in [1.54, 1.807) is 13.0 Å². The minimum Gasteiger partial charge on any atom is -0.504 e. The third-order valence-corrected chi connectivity index (χ3v) is 11.8. The van der Waals surface area contributed by atoms with Crippen LogP contribution in [0, 0.1) is 45.3 Å². The summed E-state index contributed by atoms with van der Waals surface area (Å²) < 4.78 is 5.42. The first-order valence-corrected chi connectivity index (χ1v) is 13.3. The molecule has 0 aromatic rings. The average Bonchev–Trinajstić information content (AvgIpc) is 2.79. The quantitative estimate of drug-likeness (QED) is 0.373. The summed E-state index contributed by atoms with van der Waals surface area (Å²) in [5, 5.41) is 10.5. The van der Waals surface area contributed by atoms with Gasteiger partial charge in [-0.05, 0) is 79.6 Å². The molecule has 0 bridgehead atoms. The van der Waals surface area contributed by atoms with Gasteiger partial charge in [-0.15, -0.1) is 0 Å². The lowest BCUT2D eigenvalue weighted by Crippen LogP contribution is -2.63. The molecule has 190 valence electrons. The predicted octanol–water partition coefficient (Wildman–Crippen LogP) is 5.90. The molecule has 0 aliphatic heterocycles. The molecule has 5 aliphatic carbocycles. The van der Waals surface area contributed by atoms with Crippen molar-refractivity contribution in [1.82, 2.24) is 0 Å². The molecule has 3 fully saturated rings. The van der Waals surface area contributed by atoms with Crippen LogP contribution in [0.4, 0.5) is 0 Å². The molecule has 0 unspecified atom stereocenters. The highest BCUT2D eigenvalue weighted by molar-refractivity contribution is 6.15. The molecule has 0 spiro atoms. The summed E-state index contributed by atoms with van der Waals surface area (Å²) >= 11 is 0. The van der Waals surface area contributed by atoms with E-state index < -0.39 is 16.6 Å². The summed E-state index contributed by atoms with van der Waals surface area (Å²) in [6, 6.07) is 0. The zero-order valence-electron chi connectivity index (χ0n) is 22.3. The summed E-state index contributed by atoms with van der Waals surface area (Å²) in [5.41, 5.74) is 0.519. The molecule has 5 nitrogen and oxygen atoms in total. The van der Waals surface area contributed by atoms with E-state index in [2.05, 4.69) is 33.8 Å². The number of Topliss-reactive ketones (excluding diaryl/α,β-unsaturated/α-hetero) is 2. The lowest BCUT2D eigenvalue weighted by molar-refractivity contribution is -0.172. The van der Waals surface area contributed by atoms with Gasteiger partial charge in [-0.3, -0.25) is 14.4 Å². The van der Waals surface area contributed by atoms with Gasteiger partial charge in [0.25, 0.3) is 0 Å². The van der Waals surface area contributed by atoms with Gasteiger partial charge in [0, 0.05) is 23.0 Å². The van der Waals surface area contributed by atoms with Crippen LogP contribution in [0.2, 0.25) is 0 Å². The summed E-state index contributed by atoms with van der Waals surface area (Å²) in [6.07, 6.45) is 8.65. The molecule has 3 saturated carbocycles. The van der Waals surface area contributed by atoms with Gasteiger partial charge in [0.1, 0.15) is 0 Å². The molecule has 8 atom stereocenters. The van der Waals surface area contributed by atoms with Crippen LogP contribution in [-0.4, -0.2) is 29.8 Å². The van der Waals surface area contributed by atoms with Gasteiger partial charge in [0.2, 0.25) is 5.78 Å². The smallest absolute Gasteiger partial charge is 0.312 e. The number of carbonyl (C=O) groups is 3. The number of hydrogen-bond acceptors (Lipinski definition) is 5. The Kier molecular flexibility index (Phi) is 5.20. The highest BCUT2D eigenvalue weighted by Crippen LogP contribution is 2.73. The Morgan fingerprint density at radius 2 is 1.80 bits per heavy atom. The van der Waals surface area contributed by atoms with Gasteiger partial charge in [0.15, 0.2) is 11.5 Å². The SMILES string of the molecule is COC(=O)[C@]12CC[C@@H](C)[C@H](C)[C@H]1C1=CC[C@@H]3[C@@]4(C)C=C(O)C(=O)C(C)=C4C(=O)C[C@@]3(C)[C@]1(C)CC2. The number of fused-ring (bicyclic) bond motifs is 7. The molecule has 1 N–H and O–H groups in total. The highest BCUT2D eigenvalue weighted by atomic mass is 16.5. The van der Waals surface area contributed by atoms with Crippen molar-refractivity contribution in [1.29, 1.82) is 0 Å². The first kappa shape index (κ1) is 24.5. The first-order valence-electron chi connectivity index (χ1n) is 13.3. The number of rotatable bonds is 1. The Morgan fingerprint density at radius 1 is 1.11 bits per heavy atom. The van der Waals surface area contributed by atoms with Gasteiger partial charge in [-0.1, -0.05) is 46.3 Å². The molecule has 5 heteroatoms. The Morgan fingerprint density at radius 3 is 2.46 bits per heavy atom. The monoisotopic (exact) mass is 480 g/mol. The number of ether oxygens (including phenoxy) is 1. The molecule has 0 aromatic carbocycles. The van der Waals surface area contributed by atoms with Crippen LogP contribution in [0.15, 0.2) is 34.6 Å². The fraction of sp³-hybridized carbons (Fsp3) is 0.700. The van der Waals surface area contributed by atoms with Crippen LogP contribution in [0.1, 0.15) is 80.1 Å². The molecular formula is C30H40O5. The number of aliphatic hydroxyl groups is 1. The number of hydrogen-bond donors (Lipinski definition) is 1. The number of ketones is 2. The van der Waals surface area contributed by atoms with E-state index in [1.807, 2.05) is 6.92 Å². The second kappa shape index (κ2) is 7.43. The lowest BCUT2D eigenvalue weighted by atomic mass is 9.35. The van der Waals surface area contributed by atoms with Crippen LogP contribution in [0.5, 0.6) is 0 Å². The van der Waals surface area contributed by atoms with Crippen molar-refractivity contribution in [3.63, 3.8) is 0 Å². The first-order chi connectivity index (χ1) is 16.3. The van der Waals surface area contributed by atoms with E-state index in [4.69, 9.17) is 4.74 Å². The molecule has 0 saturated heterocycles. The minimum absolute atomic E-state index is 0.0261. The fourth-order valence-corrected chi connectivity index (χ4v) is 9.51. The predicted molar refractivity (Wildman–Crippen MR) is 133 cm³/mol. The number of carbonyl (C=O) groups excluding carboxylic acids is 3. The van der Waals surface area contributed by atoms with Crippen LogP contribution in [0.25, 0.3) is 0 Å². The minimum atomic E-state index is -0.695. The second-order valence-electron chi connectivity index (χ2n) is 12.9. The van der Waals surface area contributed by atoms with Crippen molar-refractivity contribution in [3.05, 3.63) is 34.6 Å². The Balaban J connectivity index is 1.70. The van der Waals surface area contributed by atoms with Crippen molar-refractivity contribution >= 4 is 17.5 Å². The van der Waals surface area contributed by atoms with E-state index in [9.17, 15) is 19.5 Å². The third-order valence-electron chi connectivity index (χ3n) is 11.8. The van der Waals surface area contributed by atoms with Gasteiger partial charge in [-0.25, -0.2) is 0 Å². The van der Waals surface area contributed by atoms with Crippen molar-refractivity contribution in [2.75, 3.05) is 7.11 Å². The number of aliphatic hydroxyl groups excluding tert-OH is 1. The molecule has 35 heavy (non-hydrogen) atoms. The van der Waals surface area contributed by atoms with Crippen molar-refractivity contribution < 1.29 is 24.2 Å². The van der Waals surface area contributed by atoms with Crippen LogP contribution in [0.3, 0.4) is 0 Å². The standard InChI is InChI=1S/C30H40O5/c1-16-10-11-30(26(34)35-7)13-12-28(5)19(23(30)17(16)2)8-9-22-27(4)14-21(32)25(33)18(3)24(27)20(31)15-29(22,28)6/h8,14,16-17,22-23,32H,9-13,15H2,1-7H3/t16-,17+,22-,23+,27-,28-,29-,30+/m1/s1. The zero-order chi connectivity index (χ0) is 25.7. The maximum absolute atomic E-state index is 13.8. The second-order valence-corrected chi connectivity index (χ2v) is 12.9. The van der Waals surface area contributed by atoms with Crippen LogP contribution >= 0.6 is 0 Å². The molecule has 0 aromatic heterocycles. The normalized spacial score (nSPS) is 47.1. The maximum atomic E-state index is 13.8. The fourth-order valence-electron chi connectivity index (χ4n) is 9.51. The van der Waals surface area contributed by atoms with E-state index in [1.165, 1.54) is 12.7 Å². The average molecular weight is 481 g/mol. The summed E-state index contributed by atoms with van der Waals surface area (Å²) in [4.78, 5) is 39.7. The number of allylic oxidation sites excluding steroid dienone is 5. The number of esters is 1. The van der Waals surface area contributed by atoms with Crippen LogP contribution in [-0.2, 0) is 19.1 Å². The third kappa shape index (κ3) is 2.79. The van der Waals surface area contributed by atoms with E-state index in [0.717, 1.165) is 32.1 Å². The molecule has 5 rings (SSSR count). The Hall–Kier alpha value is -2.17. The Bertz CT molecular complexity index is 1130.